The number of carbonyl (C=O) groups is 1. The normalized spacial score (nSPS) is 19.7. The van der Waals surface area contributed by atoms with Crippen LogP contribution in [0, 0.1) is 0 Å². The molecular formula is C13H18N2O2. The number of rotatable bonds is 3. The van der Waals surface area contributed by atoms with Crippen molar-refractivity contribution in [2.75, 3.05) is 19.0 Å². The van der Waals surface area contributed by atoms with Crippen LogP contribution in [0.4, 0.5) is 5.69 Å². The van der Waals surface area contributed by atoms with Crippen LogP contribution in [-0.4, -0.2) is 25.6 Å². The number of nitrogens with one attached hydrogen (secondary N) is 2. The van der Waals surface area contributed by atoms with Gasteiger partial charge in [0.15, 0.2) is 0 Å². The number of hydrogen-bond acceptors (Lipinski definition) is 3. The number of benzene rings is 1. The molecule has 17 heavy (non-hydrogen) atoms. The summed E-state index contributed by atoms with van der Waals surface area (Å²) in [5, 5.41) is 6.13. The number of amides is 1. The number of ether oxygens (including phenoxy) is 1. The lowest BCUT2D eigenvalue weighted by Gasteiger charge is -2.22. The first-order valence-corrected chi connectivity index (χ1v) is 5.98. The molecule has 1 fully saturated rings. The zero-order valence-corrected chi connectivity index (χ0v) is 10.0. The number of methoxy groups -OCH3 is 1. The second-order valence-electron chi connectivity index (χ2n) is 4.22. The highest BCUT2D eigenvalue weighted by Crippen LogP contribution is 2.16. The van der Waals surface area contributed by atoms with Gasteiger partial charge in [0.2, 0.25) is 5.91 Å². The van der Waals surface area contributed by atoms with Crippen LogP contribution in [0.1, 0.15) is 19.3 Å². The molecule has 2 N–H and O–H groups in total. The third-order valence-electron chi connectivity index (χ3n) is 2.98. The average Bonchev–Trinajstić information content (AvgIpc) is 2.40. The van der Waals surface area contributed by atoms with Gasteiger partial charge in [0, 0.05) is 5.69 Å². The van der Waals surface area contributed by atoms with E-state index < -0.39 is 0 Å². The summed E-state index contributed by atoms with van der Waals surface area (Å²) < 4.78 is 5.07. The molecule has 1 aromatic rings. The van der Waals surface area contributed by atoms with E-state index in [0.29, 0.717) is 0 Å². The van der Waals surface area contributed by atoms with Crippen molar-refractivity contribution in [2.45, 2.75) is 25.3 Å². The Kier molecular flexibility index (Phi) is 3.98. The predicted octanol–water partition coefficient (Wildman–Crippen LogP) is 1.78. The van der Waals surface area contributed by atoms with E-state index in [2.05, 4.69) is 10.6 Å². The minimum atomic E-state index is -0.0501. The van der Waals surface area contributed by atoms with Crippen LogP contribution < -0.4 is 15.4 Å². The molecule has 0 spiro atoms. The fourth-order valence-corrected chi connectivity index (χ4v) is 1.98. The van der Waals surface area contributed by atoms with Gasteiger partial charge in [-0.05, 0) is 43.7 Å². The van der Waals surface area contributed by atoms with Crippen molar-refractivity contribution in [3.8, 4) is 5.75 Å². The third-order valence-corrected chi connectivity index (χ3v) is 2.98. The van der Waals surface area contributed by atoms with E-state index in [1.54, 1.807) is 7.11 Å². The molecule has 1 heterocycles. The van der Waals surface area contributed by atoms with Gasteiger partial charge in [0.25, 0.3) is 0 Å². The van der Waals surface area contributed by atoms with Crippen molar-refractivity contribution in [3.05, 3.63) is 24.3 Å². The Bertz CT molecular complexity index is 370. The summed E-state index contributed by atoms with van der Waals surface area (Å²) in [6, 6.07) is 7.32. The summed E-state index contributed by atoms with van der Waals surface area (Å²) in [5.74, 6) is 0.841. The highest BCUT2D eigenvalue weighted by Gasteiger charge is 2.20. The molecule has 92 valence electrons. The average molecular weight is 234 g/mol. The molecule has 0 bridgehead atoms. The summed E-state index contributed by atoms with van der Waals surface area (Å²) >= 11 is 0. The van der Waals surface area contributed by atoms with Crippen molar-refractivity contribution in [1.29, 1.82) is 0 Å². The second kappa shape index (κ2) is 5.68. The van der Waals surface area contributed by atoms with E-state index in [4.69, 9.17) is 4.74 Å². The lowest BCUT2D eigenvalue weighted by Crippen LogP contribution is -2.43. The number of anilines is 1. The number of piperidine rings is 1. The highest BCUT2D eigenvalue weighted by atomic mass is 16.5. The smallest absolute Gasteiger partial charge is 0.241 e. The third kappa shape index (κ3) is 3.20. The van der Waals surface area contributed by atoms with Gasteiger partial charge in [-0.15, -0.1) is 0 Å². The van der Waals surface area contributed by atoms with Crippen molar-refractivity contribution in [1.82, 2.24) is 5.32 Å². The maximum absolute atomic E-state index is 11.9. The lowest BCUT2D eigenvalue weighted by molar-refractivity contribution is -0.118. The van der Waals surface area contributed by atoms with Gasteiger partial charge in [0.05, 0.1) is 13.2 Å². The molecule has 0 aliphatic carbocycles. The molecule has 1 aromatic carbocycles. The van der Waals surface area contributed by atoms with E-state index in [1.807, 2.05) is 24.3 Å². The Morgan fingerprint density at radius 1 is 1.35 bits per heavy atom. The van der Waals surface area contributed by atoms with Crippen molar-refractivity contribution in [3.63, 3.8) is 0 Å². The summed E-state index contributed by atoms with van der Waals surface area (Å²) in [5.41, 5.74) is 0.808. The summed E-state index contributed by atoms with van der Waals surface area (Å²) in [6.45, 7) is 0.931. The molecule has 0 unspecified atom stereocenters. The number of carbonyl (C=O) groups excluding carboxylic acids is 1. The zero-order chi connectivity index (χ0) is 12.1. The first kappa shape index (κ1) is 11.9. The van der Waals surface area contributed by atoms with Crippen molar-refractivity contribution < 1.29 is 9.53 Å². The lowest BCUT2D eigenvalue weighted by atomic mass is 10.0. The molecule has 4 heteroatoms. The minimum Gasteiger partial charge on any atom is -0.497 e. The van der Waals surface area contributed by atoms with Gasteiger partial charge in [0.1, 0.15) is 5.75 Å². The van der Waals surface area contributed by atoms with Gasteiger partial charge in [-0.2, -0.15) is 0 Å². The molecule has 1 atom stereocenters. The van der Waals surface area contributed by atoms with Gasteiger partial charge in [-0.3, -0.25) is 4.79 Å². The maximum Gasteiger partial charge on any atom is 0.241 e. The van der Waals surface area contributed by atoms with E-state index in [0.717, 1.165) is 37.2 Å². The van der Waals surface area contributed by atoms with Gasteiger partial charge in [-0.1, -0.05) is 6.42 Å². The Morgan fingerprint density at radius 2 is 2.12 bits per heavy atom. The standard InChI is InChI=1S/C13H18N2O2/c1-17-11-7-5-10(6-8-11)15-13(16)12-4-2-3-9-14-12/h5-8,12,14H,2-4,9H2,1H3,(H,15,16)/t12-/m1/s1. The molecule has 2 rings (SSSR count). The molecule has 1 amide bonds. The topological polar surface area (TPSA) is 50.4 Å². The molecule has 0 saturated carbocycles. The van der Waals surface area contributed by atoms with Crippen molar-refractivity contribution in [2.24, 2.45) is 0 Å². The molecule has 1 aliphatic heterocycles. The van der Waals surface area contributed by atoms with Gasteiger partial charge in [-0.25, -0.2) is 0 Å². The van der Waals surface area contributed by atoms with Crippen LogP contribution in [0.15, 0.2) is 24.3 Å². The molecule has 1 aliphatic rings. The van der Waals surface area contributed by atoms with E-state index in [9.17, 15) is 4.79 Å². The molecule has 1 saturated heterocycles. The number of hydrogen-bond donors (Lipinski definition) is 2. The molecule has 4 nitrogen and oxygen atoms in total. The summed E-state index contributed by atoms with van der Waals surface area (Å²) in [4.78, 5) is 11.9. The fraction of sp³-hybridized carbons (Fsp3) is 0.462. The molecule has 0 aromatic heterocycles. The summed E-state index contributed by atoms with van der Waals surface area (Å²) in [6.07, 6.45) is 3.20. The van der Waals surface area contributed by atoms with E-state index in [-0.39, 0.29) is 11.9 Å². The maximum atomic E-state index is 11.9. The monoisotopic (exact) mass is 234 g/mol. The van der Waals surface area contributed by atoms with E-state index >= 15 is 0 Å². The molecular weight excluding hydrogens is 216 g/mol. The van der Waals surface area contributed by atoms with Crippen LogP contribution >= 0.6 is 0 Å². The zero-order valence-electron chi connectivity index (χ0n) is 10.0. The van der Waals surface area contributed by atoms with Gasteiger partial charge < -0.3 is 15.4 Å². The van der Waals surface area contributed by atoms with Crippen LogP contribution in [0.2, 0.25) is 0 Å². The van der Waals surface area contributed by atoms with Crippen LogP contribution in [0.3, 0.4) is 0 Å². The minimum absolute atomic E-state index is 0.0501. The Morgan fingerprint density at radius 3 is 2.71 bits per heavy atom. The fourth-order valence-electron chi connectivity index (χ4n) is 1.98. The SMILES string of the molecule is COc1ccc(NC(=O)[C@H]2CCCCN2)cc1. The van der Waals surface area contributed by atoms with Crippen LogP contribution in [0.5, 0.6) is 5.75 Å². The largest absolute Gasteiger partial charge is 0.497 e. The summed E-state index contributed by atoms with van der Waals surface area (Å²) in [7, 11) is 1.62. The van der Waals surface area contributed by atoms with E-state index in [1.165, 1.54) is 0 Å². The van der Waals surface area contributed by atoms with Crippen LogP contribution in [-0.2, 0) is 4.79 Å². The Balaban J connectivity index is 1.92. The Labute approximate surface area is 101 Å². The quantitative estimate of drug-likeness (QED) is 0.838. The van der Waals surface area contributed by atoms with Crippen LogP contribution in [0.25, 0.3) is 0 Å². The molecule has 0 radical (unpaired) electrons. The predicted molar refractivity (Wildman–Crippen MR) is 67.3 cm³/mol. The Hall–Kier alpha value is -1.55. The first-order chi connectivity index (χ1) is 8.29. The first-order valence-electron chi connectivity index (χ1n) is 5.98. The van der Waals surface area contributed by atoms with Crippen molar-refractivity contribution >= 4 is 11.6 Å². The highest BCUT2D eigenvalue weighted by molar-refractivity contribution is 5.94. The van der Waals surface area contributed by atoms with Gasteiger partial charge >= 0.3 is 0 Å². The second-order valence-corrected chi connectivity index (χ2v) is 4.22.